The first kappa shape index (κ1) is 16.7. The van der Waals surface area contributed by atoms with Crippen LogP contribution in [0.15, 0.2) is 12.4 Å². The first-order valence-corrected chi connectivity index (χ1v) is 8.17. The molecule has 0 bridgehead atoms. The van der Waals surface area contributed by atoms with Gasteiger partial charge in [-0.1, -0.05) is 20.8 Å². The van der Waals surface area contributed by atoms with Gasteiger partial charge in [-0.05, 0) is 18.9 Å². The highest BCUT2D eigenvalue weighted by molar-refractivity contribution is 5.92. The zero-order valence-electron chi connectivity index (χ0n) is 13.9. The highest BCUT2D eigenvalue weighted by Crippen LogP contribution is 2.13. The van der Waals surface area contributed by atoms with Gasteiger partial charge in [0.05, 0.1) is 0 Å². The summed E-state index contributed by atoms with van der Waals surface area (Å²) < 4.78 is 0. The molecule has 1 aromatic heterocycles. The van der Waals surface area contributed by atoms with Crippen LogP contribution >= 0.6 is 0 Å². The van der Waals surface area contributed by atoms with E-state index in [1.807, 2.05) is 0 Å². The number of piperazine rings is 1. The van der Waals surface area contributed by atoms with Crippen LogP contribution in [0.3, 0.4) is 0 Å². The maximum Gasteiger partial charge on any atom is 0.270 e. The van der Waals surface area contributed by atoms with Crippen molar-refractivity contribution in [2.24, 2.45) is 5.92 Å². The number of hydrogen-bond donors (Lipinski definition) is 1. The minimum atomic E-state index is -0.114. The Balaban J connectivity index is 1.93. The minimum Gasteiger partial charge on any atom is -0.354 e. The fourth-order valence-corrected chi connectivity index (χ4v) is 2.50. The van der Waals surface area contributed by atoms with Gasteiger partial charge >= 0.3 is 0 Å². The van der Waals surface area contributed by atoms with E-state index in [2.05, 4.69) is 45.9 Å². The lowest BCUT2D eigenvalue weighted by molar-refractivity contribution is 0.0947. The van der Waals surface area contributed by atoms with E-state index < -0.39 is 0 Å². The number of amides is 1. The summed E-state index contributed by atoms with van der Waals surface area (Å²) in [7, 11) is 0. The lowest BCUT2D eigenvalue weighted by Gasteiger charge is -2.34. The molecular weight excluding hydrogens is 278 g/mol. The molecule has 0 saturated carbocycles. The molecule has 1 aromatic rings. The van der Waals surface area contributed by atoms with Gasteiger partial charge in [0.25, 0.3) is 5.91 Å². The van der Waals surface area contributed by atoms with Crippen LogP contribution in [0, 0.1) is 5.92 Å². The Kier molecular flexibility index (Phi) is 6.12. The number of carbonyl (C=O) groups is 1. The fraction of sp³-hybridized carbons (Fsp3) is 0.688. The molecule has 6 nitrogen and oxygen atoms in total. The molecule has 2 rings (SSSR count). The van der Waals surface area contributed by atoms with Gasteiger partial charge in [-0.25, -0.2) is 9.97 Å². The normalized spacial score (nSPS) is 16.1. The van der Waals surface area contributed by atoms with Crippen LogP contribution in [0.2, 0.25) is 0 Å². The summed E-state index contributed by atoms with van der Waals surface area (Å²) in [6.45, 7) is 12.2. The average Bonchev–Trinajstić information content (AvgIpc) is 2.54. The van der Waals surface area contributed by atoms with Gasteiger partial charge in [-0.15, -0.1) is 0 Å². The Bertz CT molecular complexity index is 483. The lowest BCUT2D eigenvalue weighted by Crippen LogP contribution is -2.46. The van der Waals surface area contributed by atoms with Gasteiger partial charge in [-0.2, -0.15) is 0 Å². The van der Waals surface area contributed by atoms with Crippen molar-refractivity contribution >= 4 is 11.7 Å². The summed E-state index contributed by atoms with van der Waals surface area (Å²) >= 11 is 0. The van der Waals surface area contributed by atoms with E-state index in [1.165, 1.54) is 6.33 Å². The van der Waals surface area contributed by atoms with Gasteiger partial charge in [0.2, 0.25) is 0 Å². The van der Waals surface area contributed by atoms with Crippen molar-refractivity contribution in [2.45, 2.75) is 27.2 Å². The maximum atomic E-state index is 12.1. The Morgan fingerprint density at radius 2 is 2.00 bits per heavy atom. The monoisotopic (exact) mass is 305 g/mol. The van der Waals surface area contributed by atoms with E-state index >= 15 is 0 Å². The summed E-state index contributed by atoms with van der Waals surface area (Å²) in [6.07, 6.45) is 2.46. The summed E-state index contributed by atoms with van der Waals surface area (Å²) in [5, 5.41) is 2.92. The third kappa shape index (κ3) is 4.66. The van der Waals surface area contributed by atoms with Crippen molar-refractivity contribution < 1.29 is 4.79 Å². The maximum absolute atomic E-state index is 12.1. The fourth-order valence-electron chi connectivity index (χ4n) is 2.50. The second-order valence-electron chi connectivity index (χ2n) is 6.12. The molecule has 0 aromatic carbocycles. The summed E-state index contributed by atoms with van der Waals surface area (Å²) in [5.74, 6) is 1.31. The van der Waals surface area contributed by atoms with E-state index in [4.69, 9.17) is 0 Å². The first-order chi connectivity index (χ1) is 10.6. The number of rotatable bonds is 6. The molecule has 1 saturated heterocycles. The van der Waals surface area contributed by atoms with Crippen molar-refractivity contribution in [3.8, 4) is 0 Å². The van der Waals surface area contributed by atoms with Crippen molar-refractivity contribution in [3.05, 3.63) is 18.1 Å². The van der Waals surface area contributed by atoms with Crippen molar-refractivity contribution in [1.82, 2.24) is 20.2 Å². The van der Waals surface area contributed by atoms with Crippen LogP contribution < -0.4 is 10.2 Å². The summed E-state index contributed by atoms with van der Waals surface area (Å²) in [5.41, 5.74) is 0.451. The van der Waals surface area contributed by atoms with Crippen LogP contribution in [0.1, 0.15) is 37.7 Å². The van der Waals surface area contributed by atoms with E-state index in [1.54, 1.807) is 6.07 Å². The summed E-state index contributed by atoms with van der Waals surface area (Å²) in [4.78, 5) is 25.2. The van der Waals surface area contributed by atoms with Crippen LogP contribution in [0.5, 0.6) is 0 Å². The number of hydrogen-bond acceptors (Lipinski definition) is 5. The molecule has 1 fully saturated rings. The Hall–Kier alpha value is -1.69. The van der Waals surface area contributed by atoms with Crippen LogP contribution in [0.25, 0.3) is 0 Å². The molecule has 2 heterocycles. The predicted molar refractivity (Wildman–Crippen MR) is 88.1 cm³/mol. The lowest BCUT2D eigenvalue weighted by atomic mass is 10.1. The Morgan fingerprint density at radius 3 is 2.64 bits per heavy atom. The Morgan fingerprint density at radius 1 is 1.27 bits per heavy atom. The van der Waals surface area contributed by atoms with Gasteiger partial charge < -0.3 is 15.1 Å². The zero-order valence-corrected chi connectivity index (χ0v) is 13.9. The standard InChI is InChI=1S/C16H27N5O/c1-4-20-7-9-21(10-8-20)15-11-14(18-12-19-15)16(22)17-6-5-13(2)3/h11-13H,4-10H2,1-3H3,(H,17,22). The van der Waals surface area contributed by atoms with Crippen LogP contribution in [0.4, 0.5) is 5.82 Å². The number of nitrogens with one attached hydrogen (secondary N) is 1. The number of aromatic nitrogens is 2. The molecule has 0 aliphatic carbocycles. The number of anilines is 1. The molecule has 1 N–H and O–H groups in total. The largest absolute Gasteiger partial charge is 0.354 e. The first-order valence-electron chi connectivity index (χ1n) is 8.17. The van der Waals surface area contributed by atoms with Crippen molar-refractivity contribution in [2.75, 3.05) is 44.2 Å². The molecule has 0 atom stereocenters. The summed E-state index contributed by atoms with van der Waals surface area (Å²) in [6, 6.07) is 1.80. The molecule has 0 spiro atoms. The topological polar surface area (TPSA) is 61.4 Å². The number of carbonyl (C=O) groups excluding carboxylic acids is 1. The quantitative estimate of drug-likeness (QED) is 0.861. The van der Waals surface area contributed by atoms with E-state index in [-0.39, 0.29) is 5.91 Å². The smallest absolute Gasteiger partial charge is 0.270 e. The van der Waals surface area contributed by atoms with Crippen molar-refractivity contribution in [3.63, 3.8) is 0 Å². The predicted octanol–water partition coefficient (Wildman–Crippen LogP) is 1.39. The molecule has 1 amide bonds. The van der Waals surface area contributed by atoms with Crippen LogP contribution in [-0.2, 0) is 0 Å². The number of nitrogens with zero attached hydrogens (tertiary/aromatic N) is 4. The third-order valence-electron chi connectivity index (χ3n) is 4.04. The van der Waals surface area contributed by atoms with E-state index in [0.717, 1.165) is 45.0 Å². The zero-order chi connectivity index (χ0) is 15.9. The van der Waals surface area contributed by atoms with Gasteiger partial charge in [0.15, 0.2) is 0 Å². The van der Waals surface area contributed by atoms with Gasteiger partial charge in [-0.3, -0.25) is 4.79 Å². The number of likely N-dealkylation sites (N-methyl/N-ethyl adjacent to an activating group) is 1. The molecular formula is C16H27N5O. The highest BCUT2D eigenvalue weighted by Gasteiger charge is 2.18. The molecule has 22 heavy (non-hydrogen) atoms. The third-order valence-corrected chi connectivity index (χ3v) is 4.04. The molecule has 0 unspecified atom stereocenters. The van der Waals surface area contributed by atoms with Gasteiger partial charge in [0.1, 0.15) is 17.8 Å². The highest BCUT2D eigenvalue weighted by atomic mass is 16.1. The molecule has 0 radical (unpaired) electrons. The molecule has 122 valence electrons. The van der Waals surface area contributed by atoms with Gasteiger partial charge in [0, 0.05) is 38.8 Å². The second-order valence-corrected chi connectivity index (χ2v) is 6.12. The molecule has 1 aliphatic rings. The van der Waals surface area contributed by atoms with E-state index in [9.17, 15) is 4.79 Å². The van der Waals surface area contributed by atoms with E-state index in [0.29, 0.717) is 18.2 Å². The molecule has 1 aliphatic heterocycles. The molecule has 6 heteroatoms. The van der Waals surface area contributed by atoms with Crippen molar-refractivity contribution in [1.29, 1.82) is 0 Å². The Labute approximate surface area is 132 Å². The average molecular weight is 305 g/mol. The van der Waals surface area contributed by atoms with Crippen LogP contribution in [-0.4, -0.2) is 60.0 Å². The second kappa shape index (κ2) is 8.08. The minimum absolute atomic E-state index is 0.114. The SMILES string of the molecule is CCN1CCN(c2cc(C(=O)NCCC(C)C)ncn2)CC1.